The highest BCUT2D eigenvalue weighted by Crippen LogP contribution is 2.54. The summed E-state index contributed by atoms with van der Waals surface area (Å²) in [6.45, 7) is 14.0. The molecule has 20 heavy (non-hydrogen) atoms. The van der Waals surface area contributed by atoms with Crippen LogP contribution in [0.4, 0.5) is 0 Å². The van der Waals surface area contributed by atoms with E-state index in [2.05, 4.69) is 59.3 Å². The third kappa shape index (κ3) is 3.09. The third-order valence-electron chi connectivity index (χ3n) is 4.52. The van der Waals surface area contributed by atoms with Crippen LogP contribution in [0.2, 0.25) is 0 Å². The van der Waals surface area contributed by atoms with Crippen molar-refractivity contribution in [2.24, 2.45) is 10.8 Å². The molecule has 0 atom stereocenters. The van der Waals surface area contributed by atoms with Gasteiger partial charge in [-0.3, -0.25) is 0 Å². The molecule has 1 aliphatic rings. The van der Waals surface area contributed by atoms with Crippen molar-refractivity contribution in [3.63, 3.8) is 0 Å². The van der Waals surface area contributed by atoms with E-state index in [1.807, 2.05) is 11.3 Å². The number of nitrogens with one attached hydrogen (secondary N) is 1. The van der Waals surface area contributed by atoms with Crippen LogP contribution in [0, 0.1) is 10.8 Å². The van der Waals surface area contributed by atoms with Crippen molar-refractivity contribution in [3.05, 3.63) is 16.1 Å². The summed E-state index contributed by atoms with van der Waals surface area (Å²) in [5, 5.41) is 7.17. The number of hydrogen-bond donors (Lipinski definition) is 1. The average Bonchev–Trinajstić information content (AvgIpc) is 2.74. The van der Waals surface area contributed by atoms with Gasteiger partial charge in [0.05, 0.1) is 11.2 Å². The van der Waals surface area contributed by atoms with Crippen molar-refractivity contribution in [2.45, 2.75) is 72.3 Å². The Morgan fingerprint density at radius 1 is 1.10 bits per heavy atom. The van der Waals surface area contributed by atoms with Gasteiger partial charge in [-0.25, -0.2) is 4.98 Å². The lowest BCUT2D eigenvalue weighted by Gasteiger charge is -2.51. The van der Waals surface area contributed by atoms with Crippen LogP contribution in [0.25, 0.3) is 0 Å². The van der Waals surface area contributed by atoms with E-state index in [1.54, 1.807) is 0 Å². The fourth-order valence-corrected chi connectivity index (χ4v) is 5.51. The molecule has 0 radical (unpaired) electrons. The van der Waals surface area contributed by atoms with Gasteiger partial charge in [0, 0.05) is 5.38 Å². The predicted molar refractivity (Wildman–Crippen MR) is 88.4 cm³/mol. The number of rotatable bonds is 3. The van der Waals surface area contributed by atoms with Crippen molar-refractivity contribution in [2.75, 3.05) is 7.05 Å². The van der Waals surface area contributed by atoms with Gasteiger partial charge >= 0.3 is 0 Å². The van der Waals surface area contributed by atoms with Crippen LogP contribution in [-0.2, 0) is 5.54 Å². The highest BCUT2D eigenvalue weighted by Gasteiger charge is 2.49. The minimum Gasteiger partial charge on any atom is -0.308 e. The molecule has 1 aliphatic carbocycles. The fourth-order valence-electron chi connectivity index (χ4n) is 4.32. The summed E-state index contributed by atoms with van der Waals surface area (Å²) in [5.74, 6) is 0.513. The molecule has 0 aliphatic heterocycles. The van der Waals surface area contributed by atoms with E-state index in [-0.39, 0.29) is 5.54 Å². The Hall–Kier alpha value is -0.410. The van der Waals surface area contributed by atoms with Gasteiger partial charge in [0.25, 0.3) is 0 Å². The number of thiazole rings is 1. The summed E-state index contributed by atoms with van der Waals surface area (Å²) in [6, 6.07) is 0. The summed E-state index contributed by atoms with van der Waals surface area (Å²) in [6.07, 6.45) is 3.63. The van der Waals surface area contributed by atoms with E-state index in [4.69, 9.17) is 4.98 Å². The zero-order chi connectivity index (χ0) is 15.2. The summed E-state index contributed by atoms with van der Waals surface area (Å²) < 4.78 is 0. The Morgan fingerprint density at radius 3 is 2.05 bits per heavy atom. The molecular formula is C17H30N2S. The Morgan fingerprint density at radius 2 is 1.65 bits per heavy atom. The van der Waals surface area contributed by atoms with Crippen molar-refractivity contribution >= 4 is 11.3 Å². The molecule has 1 N–H and O–H groups in total. The Bertz CT molecular complexity index is 455. The molecular weight excluding hydrogens is 264 g/mol. The van der Waals surface area contributed by atoms with Crippen LogP contribution in [0.3, 0.4) is 0 Å². The van der Waals surface area contributed by atoms with Crippen LogP contribution in [0.1, 0.15) is 77.4 Å². The van der Waals surface area contributed by atoms with Gasteiger partial charge in [0.15, 0.2) is 0 Å². The van der Waals surface area contributed by atoms with Crippen LogP contribution in [0.15, 0.2) is 5.38 Å². The van der Waals surface area contributed by atoms with Gasteiger partial charge < -0.3 is 5.32 Å². The SMILES string of the molecule is CNC1(c2nc(C(C)C)cs2)CC(C)(C)CC(C)(C)C1. The minimum absolute atomic E-state index is 0.0447. The molecule has 0 aromatic carbocycles. The molecule has 1 aromatic heterocycles. The zero-order valence-electron chi connectivity index (χ0n) is 14.1. The summed E-state index contributed by atoms with van der Waals surface area (Å²) in [4.78, 5) is 4.96. The molecule has 0 saturated heterocycles. The first-order valence-electron chi connectivity index (χ1n) is 7.74. The van der Waals surface area contributed by atoms with E-state index in [1.165, 1.54) is 30.0 Å². The van der Waals surface area contributed by atoms with Gasteiger partial charge in [0.2, 0.25) is 0 Å². The maximum Gasteiger partial charge on any atom is 0.113 e. The Labute approximate surface area is 128 Å². The highest BCUT2D eigenvalue weighted by atomic mass is 32.1. The lowest BCUT2D eigenvalue weighted by molar-refractivity contribution is 0.0299. The van der Waals surface area contributed by atoms with Gasteiger partial charge in [0.1, 0.15) is 5.01 Å². The van der Waals surface area contributed by atoms with E-state index in [0.717, 1.165) is 0 Å². The first-order chi connectivity index (χ1) is 9.09. The standard InChI is InChI=1S/C17H30N2S/c1-12(2)13-8-20-14(19-13)17(18-7)10-15(3,4)9-16(5,6)11-17/h8,12,18H,9-11H2,1-7H3. The molecule has 2 nitrogen and oxygen atoms in total. The molecule has 1 aromatic rings. The number of nitrogens with zero attached hydrogens (tertiary/aromatic N) is 1. The zero-order valence-corrected chi connectivity index (χ0v) is 14.9. The maximum atomic E-state index is 4.96. The largest absolute Gasteiger partial charge is 0.308 e. The molecule has 1 fully saturated rings. The van der Waals surface area contributed by atoms with Gasteiger partial charge in [-0.1, -0.05) is 41.5 Å². The molecule has 0 amide bonds. The van der Waals surface area contributed by atoms with Crippen molar-refractivity contribution in [3.8, 4) is 0 Å². The Balaban J connectivity index is 2.41. The van der Waals surface area contributed by atoms with Crippen molar-refractivity contribution < 1.29 is 0 Å². The molecule has 0 bridgehead atoms. The topological polar surface area (TPSA) is 24.9 Å². The second kappa shape index (κ2) is 5.10. The number of hydrogen-bond acceptors (Lipinski definition) is 3. The monoisotopic (exact) mass is 294 g/mol. The second-order valence-corrected chi connectivity index (χ2v) is 9.28. The lowest BCUT2D eigenvalue weighted by atomic mass is 9.58. The molecule has 0 spiro atoms. The van der Waals surface area contributed by atoms with Crippen LogP contribution >= 0.6 is 11.3 Å². The van der Waals surface area contributed by atoms with Crippen LogP contribution < -0.4 is 5.32 Å². The summed E-state index contributed by atoms with van der Waals surface area (Å²) >= 11 is 1.84. The molecule has 0 unspecified atom stereocenters. The maximum absolute atomic E-state index is 4.96. The predicted octanol–water partition coefficient (Wildman–Crippen LogP) is 4.92. The smallest absolute Gasteiger partial charge is 0.113 e. The molecule has 3 heteroatoms. The number of aromatic nitrogens is 1. The van der Waals surface area contributed by atoms with Crippen LogP contribution in [0.5, 0.6) is 0 Å². The Kier molecular flexibility index (Phi) is 4.07. The molecule has 1 saturated carbocycles. The third-order valence-corrected chi connectivity index (χ3v) is 5.58. The first-order valence-corrected chi connectivity index (χ1v) is 8.62. The van der Waals surface area contributed by atoms with E-state index in [0.29, 0.717) is 16.7 Å². The van der Waals surface area contributed by atoms with Crippen molar-refractivity contribution in [1.29, 1.82) is 0 Å². The van der Waals surface area contributed by atoms with E-state index >= 15 is 0 Å². The van der Waals surface area contributed by atoms with Crippen molar-refractivity contribution in [1.82, 2.24) is 10.3 Å². The summed E-state index contributed by atoms with van der Waals surface area (Å²) in [7, 11) is 2.11. The quantitative estimate of drug-likeness (QED) is 0.856. The van der Waals surface area contributed by atoms with Crippen LogP contribution in [-0.4, -0.2) is 12.0 Å². The second-order valence-electron chi connectivity index (χ2n) is 8.42. The molecule has 114 valence electrons. The lowest BCUT2D eigenvalue weighted by Crippen LogP contribution is -2.51. The minimum atomic E-state index is 0.0447. The normalized spacial score (nSPS) is 24.0. The van der Waals surface area contributed by atoms with E-state index < -0.39 is 0 Å². The van der Waals surface area contributed by atoms with E-state index in [9.17, 15) is 0 Å². The molecule has 2 rings (SSSR count). The fraction of sp³-hybridized carbons (Fsp3) is 0.824. The van der Waals surface area contributed by atoms with Gasteiger partial charge in [-0.2, -0.15) is 0 Å². The highest BCUT2D eigenvalue weighted by molar-refractivity contribution is 7.09. The van der Waals surface area contributed by atoms with Gasteiger partial charge in [-0.15, -0.1) is 11.3 Å². The molecule has 1 heterocycles. The van der Waals surface area contributed by atoms with Gasteiger partial charge in [-0.05, 0) is 43.1 Å². The average molecular weight is 295 g/mol. The summed E-state index contributed by atoms with van der Waals surface area (Å²) in [5.41, 5.74) is 1.99. The first kappa shape index (κ1) is 16.0.